The smallest absolute Gasteiger partial charge is 0.251 e. The number of rotatable bonds is 2. The summed E-state index contributed by atoms with van der Waals surface area (Å²) < 4.78 is 0. The summed E-state index contributed by atoms with van der Waals surface area (Å²) in [5.74, 6) is 0.0260. The number of carbonyl (C=O) groups is 1. The van der Waals surface area contributed by atoms with Gasteiger partial charge in [-0.25, -0.2) is 0 Å². The molecule has 1 aliphatic heterocycles. The van der Waals surface area contributed by atoms with Crippen LogP contribution in [0.5, 0.6) is 0 Å². The van der Waals surface area contributed by atoms with Crippen LogP contribution in [0.1, 0.15) is 40.2 Å². The molecule has 15 heavy (non-hydrogen) atoms. The van der Waals surface area contributed by atoms with Crippen LogP contribution in [0, 0.1) is 0 Å². The largest absolute Gasteiger partial charge is 0.352 e. The van der Waals surface area contributed by atoms with Crippen LogP contribution in [0.3, 0.4) is 0 Å². The number of hydrogen-bond donors (Lipinski definition) is 1. The van der Waals surface area contributed by atoms with Crippen molar-refractivity contribution in [2.24, 2.45) is 0 Å². The van der Waals surface area contributed by atoms with Crippen molar-refractivity contribution in [3.05, 3.63) is 34.9 Å². The van der Waals surface area contributed by atoms with Crippen molar-refractivity contribution >= 4 is 17.5 Å². The first kappa shape index (κ1) is 10.5. The summed E-state index contributed by atoms with van der Waals surface area (Å²) in [6.07, 6.45) is 1.79. The molecule has 1 aliphatic rings. The Morgan fingerprint density at radius 2 is 2.33 bits per heavy atom. The van der Waals surface area contributed by atoms with Crippen molar-refractivity contribution in [3.8, 4) is 0 Å². The average Bonchev–Trinajstić information content (AvgIpc) is 2.28. The SMILES string of the molecule is CCC(Cl)c1ccc2c(c1)C(=O)NCC2. The van der Waals surface area contributed by atoms with Crippen LogP contribution in [-0.4, -0.2) is 12.5 Å². The number of carbonyl (C=O) groups excluding carboxylic acids is 1. The molecule has 1 heterocycles. The number of benzene rings is 1. The third kappa shape index (κ3) is 2.00. The van der Waals surface area contributed by atoms with Gasteiger partial charge < -0.3 is 5.32 Å². The van der Waals surface area contributed by atoms with Crippen molar-refractivity contribution in [1.82, 2.24) is 5.32 Å². The fourth-order valence-electron chi connectivity index (χ4n) is 1.86. The van der Waals surface area contributed by atoms with Crippen LogP contribution in [0.15, 0.2) is 18.2 Å². The summed E-state index contributed by atoms with van der Waals surface area (Å²) in [5.41, 5.74) is 2.95. The highest BCUT2D eigenvalue weighted by molar-refractivity contribution is 6.20. The first-order valence-electron chi connectivity index (χ1n) is 5.27. The number of halogens is 1. The van der Waals surface area contributed by atoms with Gasteiger partial charge in [-0.3, -0.25) is 4.79 Å². The Morgan fingerprint density at radius 1 is 1.53 bits per heavy atom. The van der Waals surface area contributed by atoms with Crippen LogP contribution in [-0.2, 0) is 6.42 Å². The van der Waals surface area contributed by atoms with E-state index in [1.54, 1.807) is 0 Å². The lowest BCUT2D eigenvalue weighted by Gasteiger charge is -2.18. The molecule has 1 aromatic rings. The predicted molar refractivity (Wildman–Crippen MR) is 61.4 cm³/mol. The Morgan fingerprint density at radius 3 is 3.07 bits per heavy atom. The summed E-state index contributed by atoms with van der Waals surface area (Å²) in [6, 6.07) is 5.97. The van der Waals surface area contributed by atoms with Gasteiger partial charge >= 0.3 is 0 Å². The highest BCUT2D eigenvalue weighted by Crippen LogP contribution is 2.26. The van der Waals surface area contributed by atoms with Gasteiger partial charge in [-0.1, -0.05) is 19.1 Å². The van der Waals surface area contributed by atoms with Crippen LogP contribution >= 0.6 is 11.6 Å². The van der Waals surface area contributed by atoms with Crippen molar-refractivity contribution in [1.29, 1.82) is 0 Å². The Kier molecular flexibility index (Phi) is 2.96. The molecule has 0 bridgehead atoms. The van der Waals surface area contributed by atoms with Gasteiger partial charge in [0.05, 0.1) is 5.38 Å². The number of amides is 1. The molecule has 1 N–H and O–H groups in total. The van der Waals surface area contributed by atoms with E-state index in [4.69, 9.17) is 11.6 Å². The molecule has 1 unspecified atom stereocenters. The molecule has 0 spiro atoms. The van der Waals surface area contributed by atoms with E-state index in [0.29, 0.717) is 0 Å². The molecule has 0 radical (unpaired) electrons. The Balaban J connectivity index is 2.39. The van der Waals surface area contributed by atoms with E-state index >= 15 is 0 Å². The Labute approximate surface area is 94.6 Å². The second-order valence-corrected chi connectivity index (χ2v) is 4.33. The third-order valence-electron chi connectivity index (χ3n) is 2.78. The molecule has 1 aromatic carbocycles. The van der Waals surface area contributed by atoms with Gasteiger partial charge in [0.25, 0.3) is 5.91 Å². The van der Waals surface area contributed by atoms with E-state index in [0.717, 1.165) is 36.1 Å². The average molecular weight is 224 g/mol. The Bertz CT molecular complexity index is 389. The quantitative estimate of drug-likeness (QED) is 0.768. The fraction of sp³-hybridized carbons (Fsp3) is 0.417. The molecular formula is C12H14ClNO. The highest BCUT2D eigenvalue weighted by atomic mass is 35.5. The van der Waals surface area contributed by atoms with Crippen molar-refractivity contribution in [3.63, 3.8) is 0 Å². The van der Waals surface area contributed by atoms with Crippen LogP contribution in [0.4, 0.5) is 0 Å². The fourth-order valence-corrected chi connectivity index (χ4v) is 2.00. The topological polar surface area (TPSA) is 29.1 Å². The minimum atomic E-state index is 0.00465. The summed E-state index contributed by atoms with van der Waals surface area (Å²) in [5, 5.41) is 2.84. The lowest BCUT2D eigenvalue weighted by atomic mass is 9.96. The molecule has 0 aliphatic carbocycles. The molecule has 2 nitrogen and oxygen atoms in total. The maximum absolute atomic E-state index is 11.6. The standard InChI is InChI=1S/C12H14ClNO/c1-2-11(13)9-4-3-8-5-6-14-12(15)10(8)7-9/h3-4,7,11H,2,5-6H2,1H3,(H,14,15). The van der Waals surface area contributed by atoms with Crippen molar-refractivity contribution in [2.75, 3.05) is 6.54 Å². The number of nitrogens with one attached hydrogen (secondary N) is 1. The molecular weight excluding hydrogens is 210 g/mol. The minimum absolute atomic E-state index is 0.00465. The molecule has 80 valence electrons. The van der Waals surface area contributed by atoms with Crippen LogP contribution in [0.25, 0.3) is 0 Å². The zero-order chi connectivity index (χ0) is 10.8. The number of alkyl halides is 1. The molecule has 1 amide bonds. The van der Waals surface area contributed by atoms with E-state index in [2.05, 4.69) is 5.32 Å². The van der Waals surface area contributed by atoms with E-state index in [-0.39, 0.29) is 11.3 Å². The van der Waals surface area contributed by atoms with Crippen LogP contribution < -0.4 is 5.32 Å². The summed E-state index contributed by atoms with van der Waals surface area (Å²) in [7, 11) is 0. The first-order valence-corrected chi connectivity index (χ1v) is 5.71. The van der Waals surface area contributed by atoms with Crippen LogP contribution in [0.2, 0.25) is 0 Å². The van der Waals surface area contributed by atoms with E-state index in [1.165, 1.54) is 0 Å². The lowest BCUT2D eigenvalue weighted by Crippen LogP contribution is -2.31. The van der Waals surface area contributed by atoms with Gasteiger partial charge in [0.2, 0.25) is 0 Å². The maximum Gasteiger partial charge on any atom is 0.251 e. The van der Waals surface area contributed by atoms with E-state index in [9.17, 15) is 4.79 Å². The van der Waals surface area contributed by atoms with Gasteiger partial charge in [0.15, 0.2) is 0 Å². The van der Waals surface area contributed by atoms with Crippen molar-refractivity contribution < 1.29 is 4.79 Å². The third-order valence-corrected chi connectivity index (χ3v) is 3.34. The first-order chi connectivity index (χ1) is 7.22. The monoisotopic (exact) mass is 223 g/mol. The summed E-state index contributed by atoms with van der Waals surface area (Å²) in [4.78, 5) is 11.6. The second kappa shape index (κ2) is 4.23. The summed E-state index contributed by atoms with van der Waals surface area (Å²) >= 11 is 6.15. The maximum atomic E-state index is 11.6. The molecule has 0 saturated carbocycles. The lowest BCUT2D eigenvalue weighted by molar-refractivity contribution is 0.0946. The molecule has 0 saturated heterocycles. The zero-order valence-electron chi connectivity index (χ0n) is 8.72. The van der Waals surface area contributed by atoms with Gasteiger partial charge in [0, 0.05) is 12.1 Å². The molecule has 0 aromatic heterocycles. The molecule has 3 heteroatoms. The Hall–Kier alpha value is -1.02. The summed E-state index contributed by atoms with van der Waals surface area (Å²) in [6.45, 7) is 2.78. The predicted octanol–water partition coefficient (Wildman–Crippen LogP) is 2.66. The number of fused-ring (bicyclic) bond motifs is 1. The number of hydrogen-bond acceptors (Lipinski definition) is 1. The minimum Gasteiger partial charge on any atom is -0.352 e. The molecule has 1 atom stereocenters. The normalized spacial score (nSPS) is 16.8. The van der Waals surface area contributed by atoms with E-state index < -0.39 is 0 Å². The van der Waals surface area contributed by atoms with Gasteiger partial charge in [0.1, 0.15) is 0 Å². The zero-order valence-corrected chi connectivity index (χ0v) is 9.47. The molecule has 0 fully saturated rings. The highest BCUT2D eigenvalue weighted by Gasteiger charge is 2.17. The second-order valence-electron chi connectivity index (χ2n) is 3.80. The van der Waals surface area contributed by atoms with Gasteiger partial charge in [-0.05, 0) is 30.0 Å². The van der Waals surface area contributed by atoms with E-state index in [1.807, 2.05) is 25.1 Å². The van der Waals surface area contributed by atoms with Gasteiger partial charge in [-0.15, -0.1) is 11.6 Å². The van der Waals surface area contributed by atoms with Gasteiger partial charge in [-0.2, -0.15) is 0 Å². The molecule has 2 rings (SSSR count). The van der Waals surface area contributed by atoms with Crippen molar-refractivity contribution in [2.45, 2.75) is 25.1 Å².